The Morgan fingerprint density at radius 2 is 2.28 bits per heavy atom. The molecule has 1 aliphatic heterocycles. The summed E-state index contributed by atoms with van der Waals surface area (Å²) in [5, 5.41) is 12.7. The summed E-state index contributed by atoms with van der Waals surface area (Å²) in [5.41, 5.74) is 3.76. The van der Waals surface area contributed by atoms with Crippen molar-refractivity contribution < 1.29 is 0 Å². The Bertz CT molecular complexity index is 461. The van der Waals surface area contributed by atoms with Crippen LogP contribution in [0.3, 0.4) is 0 Å². The summed E-state index contributed by atoms with van der Waals surface area (Å²) < 4.78 is 0. The fourth-order valence-electron chi connectivity index (χ4n) is 2.38. The second-order valence-electron chi connectivity index (χ2n) is 5.10. The van der Waals surface area contributed by atoms with Crippen molar-refractivity contribution in [2.75, 3.05) is 18.5 Å². The molecule has 18 heavy (non-hydrogen) atoms. The van der Waals surface area contributed by atoms with Crippen molar-refractivity contribution in [2.24, 2.45) is 0 Å². The van der Waals surface area contributed by atoms with E-state index in [4.69, 9.17) is 0 Å². The van der Waals surface area contributed by atoms with E-state index in [1.807, 2.05) is 0 Å². The van der Waals surface area contributed by atoms with Crippen LogP contribution < -0.4 is 10.2 Å². The minimum Gasteiger partial charge on any atom is -0.374 e. The van der Waals surface area contributed by atoms with Crippen LogP contribution in [-0.4, -0.2) is 19.6 Å². The van der Waals surface area contributed by atoms with Crippen LogP contribution >= 0.6 is 0 Å². The van der Waals surface area contributed by atoms with E-state index in [2.05, 4.69) is 55.4 Å². The lowest BCUT2D eigenvalue weighted by atomic mass is 10.0. The highest BCUT2D eigenvalue weighted by atomic mass is 15.1. The molecule has 0 saturated heterocycles. The van der Waals surface area contributed by atoms with Gasteiger partial charge in [0, 0.05) is 25.3 Å². The molecule has 0 amide bonds. The van der Waals surface area contributed by atoms with Gasteiger partial charge >= 0.3 is 0 Å². The quantitative estimate of drug-likeness (QED) is 0.883. The van der Waals surface area contributed by atoms with Crippen LogP contribution in [0.5, 0.6) is 0 Å². The van der Waals surface area contributed by atoms with Gasteiger partial charge < -0.3 is 4.90 Å². The van der Waals surface area contributed by atoms with Crippen molar-refractivity contribution in [1.29, 1.82) is 5.26 Å². The Morgan fingerprint density at radius 3 is 2.94 bits per heavy atom. The zero-order valence-corrected chi connectivity index (χ0v) is 11.4. The molecule has 2 atom stereocenters. The number of nitriles is 1. The molecule has 2 rings (SSSR count). The van der Waals surface area contributed by atoms with Crippen LogP contribution in [0.1, 0.15) is 37.4 Å². The average Bonchev–Trinajstić information content (AvgIpc) is 2.76. The molecule has 96 valence electrons. The van der Waals surface area contributed by atoms with E-state index in [-0.39, 0.29) is 6.04 Å². The number of fused-ring (bicyclic) bond motifs is 1. The van der Waals surface area contributed by atoms with E-state index in [1.54, 1.807) is 0 Å². The molecule has 2 unspecified atom stereocenters. The SMILES string of the molecule is CCC(C)NC(C#N)c1ccc2c(c1)CCN2C. The number of nitrogens with one attached hydrogen (secondary N) is 1. The molecule has 3 heteroatoms. The fraction of sp³-hybridized carbons (Fsp3) is 0.533. The second kappa shape index (κ2) is 5.41. The summed E-state index contributed by atoms with van der Waals surface area (Å²) in [7, 11) is 2.12. The Labute approximate surface area is 109 Å². The molecule has 0 bridgehead atoms. The zero-order valence-electron chi connectivity index (χ0n) is 11.4. The lowest BCUT2D eigenvalue weighted by Crippen LogP contribution is -2.29. The van der Waals surface area contributed by atoms with E-state index in [0.717, 1.165) is 24.9 Å². The molecule has 0 aliphatic carbocycles. The smallest absolute Gasteiger partial charge is 0.121 e. The van der Waals surface area contributed by atoms with Crippen molar-refractivity contribution in [3.63, 3.8) is 0 Å². The van der Waals surface area contributed by atoms with E-state index in [9.17, 15) is 5.26 Å². The molecule has 0 radical (unpaired) electrons. The third-order valence-electron chi connectivity index (χ3n) is 3.76. The van der Waals surface area contributed by atoms with E-state index >= 15 is 0 Å². The van der Waals surface area contributed by atoms with Crippen molar-refractivity contribution >= 4 is 5.69 Å². The molecule has 1 N–H and O–H groups in total. The maximum absolute atomic E-state index is 9.30. The van der Waals surface area contributed by atoms with Gasteiger partial charge in [-0.15, -0.1) is 0 Å². The number of rotatable bonds is 4. The first-order valence-corrected chi connectivity index (χ1v) is 6.65. The first-order chi connectivity index (χ1) is 8.65. The summed E-state index contributed by atoms with van der Waals surface area (Å²) in [5.74, 6) is 0. The number of likely N-dealkylation sites (N-methyl/N-ethyl adjacent to an activating group) is 1. The van der Waals surface area contributed by atoms with Gasteiger partial charge in [-0.3, -0.25) is 5.32 Å². The lowest BCUT2D eigenvalue weighted by molar-refractivity contribution is 0.501. The predicted octanol–water partition coefficient (Wildman–Crippen LogP) is 2.63. The molecule has 0 saturated carbocycles. The molecule has 0 spiro atoms. The van der Waals surface area contributed by atoms with Gasteiger partial charge in [0.25, 0.3) is 0 Å². The van der Waals surface area contributed by atoms with Gasteiger partial charge in [-0.05, 0) is 37.0 Å². The van der Waals surface area contributed by atoms with Gasteiger partial charge in [0.15, 0.2) is 0 Å². The topological polar surface area (TPSA) is 39.1 Å². The maximum atomic E-state index is 9.30. The minimum absolute atomic E-state index is 0.198. The van der Waals surface area contributed by atoms with Crippen molar-refractivity contribution in [1.82, 2.24) is 5.32 Å². The molecule has 1 aliphatic rings. The monoisotopic (exact) mass is 243 g/mol. The van der Waals surface area contributed by atoms with Crippen LogP contribution in [0.4, 0.5) is 5.69 Å². The normalized spacial score (nSPS) is 17.1. The van der Waals surface area contributed by atoms with Gasteiger partial charge in [0.05, 0.1) is 6.07 Å². The fourth-order valence-corrected chi connectivity index (χ4v) is 2.38. The molecule has 1 aromatic carbocycles. The number of nitrogens with zero attached hydrogens (tertiary/aromatic N) is 2. The first-order valence-electron chi connectivity index (χ1n) is 6.65. The Hall–Kier alpha value is -1.53. The Kier molecular flexibility index (Phi) is 3.88. The summed E-state index contributed by atoms with van der Waals surface area (Å²) in [6, 6.07) is 8.92. The largest absolute Gasteiger partial charge is 0.374 e. The van der Waals surface area contributed by atoms with Crippen molar-refractivity contribution in [3.8, 4) is 6.07 Å². The number of hydrogen-bond donors (Lipinski definition) is 1. The number of anilines is 1. The van der Waals surface area contributed by atoms with Crippen LogP contribution in [-0.2, 0) is 6.42 Å². The van der Waals surface area contributed by atoms with Gasteiger partial charge in [-0.2, -0.15) is 5.26 Å². The summed E-state index contributed by atoms with van der Waals surface area (Å²) in [6.45, 7) is 5.32. The summed E-state index contributed by atoms with van der Waals surface area (Å²) in [4.78, 5) is 2.27. The number of hydrogen-bond acceptors (Lipinski definition) is 3. The Morgan fingerprint density at radius 1 is 1.50 bits per heavy atom. The molecule has 1 heterocycles. The minimum atomic E-state index is -0.198. The summed E-state index contributed by atoms with van der Waals surface area (Å²) >= 11 is 0. The molecular weight excluding hydrogens is 222 g/mol. The van der Waals surface area contributed by atoms with Gasteiger partial charge in [0.2, 0.25) is 0 Å². The Balaban J connectivity index is 2.20. The van der Waals surface area contributed by atoms with Gasteiger partial charge in [-0.1, -0.05) is 19.1 Å². The maximum Gasteiger partial charge on any atom is 0.121 e. The van der Waals surface area contributed by atoms with Crippen LogP contribution in [0.2, 0.25) is 0 Å². The molecule has 1 aromatic rings. The van der Waals surface area contributed by atoms with Crippen LogP contribution in [0.15, 0.2) is 18.2 Å². The van der Waals surface area contributed by atoms with Gasteiger partial charge in [0.1, 0.15) is 6.04 Å². The zero-order chi connectivity index (χ0) is 13.1. The third kappa shape index (κ3) is 2.49. The molecule has 0 aromatic heterocycles. The van der Waals surface area contributed by atoms with Crippen molar-refractivity contribution in [3.05, 3.63) is 29.3 Å². The van der Waals surface area contributed by atoms with Gasteiger partial charge in [-0.25, -0.2) is 0 Å². The molecule has 0 fully saturated rings. The highest BCUT2D eigenvalue weighted by Gasteiger charge is 2.19. The molecular formula is C15H21N3. The number of benzene rings is 1. The van der Waals surface area contributed by atoms with Crippen LogP contribution in [0.25, 0.3) is 0 Å². The molecule has 3 nitrogen and oxygen atoms in total. The van der Waals surface area contributed by atoms with E-state index in [1.165, 1.54) is 11.3 Å². The van der Waals surface area contributed by atoms with E-state index in [0.29, 0.717) is 6.04 Å². The van der Waals surface area contributed by atoms with Crippen molar-refractivity contribution in [2.45, 2.75) is 38.8 Å². The first kappa shape index (κ1) is 12.9. The predicted molar refractivity (Wildman–Crippen MR) is 74.7 cm³/mol. The highest BCUT2D eigenvalue weighted by molar-refractivity contribution is 5.59. The van der Waals surface area contributed by atoms with Crippen LogP contribution in [0, 0.1) is 11.3 Å². The highest BCUT2D eigenvalue weighted by Crippen LogP contribution is 2.29. The average molecular weight is 243 g/mol. The third-order valence-corrected chi connectivity index (χ3v) is 3.76. The lowest BCUT2D eigenvalue weighted by Gasteiger charge is -2.18. The summed E-state index contributed by atoms with van der Waals surface area (Å²) in [6.07, 6.45) is 2.12. The van der Waals surface area contributed by atoms with E-state index < -0.39 is 0 Å². The second-order valence-corrected chi connectivity index (χ2v) is 5.10. The standard InChI is InChI=1S/C15H21N3/c1-4-11(2)17-14(10-16)12-5-6-15-13(9-12)7-8-18(15)3/h5-6,9,11,14,17H,4,7-8H2,1-3H3.